The molecule has 2 aromatic rings. The molecule has 2 heterocycles. The van der Waals surface area contributed by atoms with Crippen LogP contribution in [0, 0.1) is 5.21 Å². The maximum Gasteiger partial charge on any atom is 0.418 e. The molecule has 1 atom stereocenters. The second-order valence-corrected chi connectivity index (χ2v) is 4.04. The van der Waals surface area contributed by atoms with Crippen LogP contribution in [0.1, 0.15) is 17.2 Å². The van der Waals surface area contributed by atoms with Gasteiger partial charge in [-0.1, -0.05) is 0 Å². The molecule has 21 heavy (non-hydrogen) atoms. The number of hydrogen-bond donors (Lipinski definition) is 0. The Morgan fingerprint density at radius 2 is 2.14 bits per heavy atom. The Morgan fingerprint density at radius 1 is 1.38 bits per heavy atom. The Bertz CT molecular complexity index is 618. The average Bonchev–Trinajstić information content (AvgIpc) is 2.51. The number of hydrogen-bond acceptors (Lipinski definition) is 6. The van der Waals surface area contributed by atoms with Crippen molar-refractivity contribution in [2.75, 3.05) is 0 Å². The molecule has 1 radical (unpaired) electrons. The molecular weight excluding hydrogens is 276 g/mol. The monoisotopic (exact) mass is 287 g/mol. The minimum absolute atomic E-state index is 0.00425. The van der Waals surface area contributed by atoms with Gasteiger partial charge in [-0.05, 0) is 23.8 Å². The molecule has 2 rings (SSSR count). The minimum atomic E-state index is -1.33. The summed E-state index contributed by atoms with van der Waals surface area (Å²) in [5.41, 5.74) is 0.940. The fourth-order valence-electron chi connectivity index (χ4n) is 1.64. The van der Waals surface area contributed by atoms with Crippen LogP contribution in [0.15, 0.2) is 49.1 Å². The zero-order valence-corrected chi connectivity index (χ0v) is 10.8. The molecule has 0 bridgehead atoms. The van der Waals surface area contributed by atoms with E-state index in [2.05, 4.69) is 9.72 Å². The molecule has 2 aromatic heterocycles. The third-order valence-corrected chi connectivity index (χ3v) is 2.61. The number of nitrogens with zero attached hydrogens (tertiary/aromatic N) is 2. The number of carbonyl (C=O) groups is 1. The predicted octanol–water partition coefficient (Wildman–Crippen LogP) is 0.583. The number of rotatable bonds is 6. The highest BCUT2D eigenvalue weighted by Crippen LogP contribution is 2.17. The van der Waals surface area contributed by atoms with Gasteiger partial charge in [-0.15, -0.1) is 0 Å². The largest absolute Gasteiger partial charge is 0.619 e. The first-order chi connectivity index (χ1) is 10.2. The second kappa shape index (κ2) is 6.99. The van der Waals surface area contributed by atoms with Crippen molar-refractivity contribution in [1.29, 1.82) is 0 Å². The van der Waals surface area contributed by atoms with Crippen molar-refractivity contribution >= 4 is 12.4 Å². The van der Waals surface area contributed by atoms with Gasteiger partial charge in [-0.3, -0.25) is 4.98 Å². The Hall–Kier alpha value is -2.96. The number of ether oxygens (including phenoxy) is 2. The highest BCUT2D eigenvalue weighted by Gasteiger charge is 2.26. The zero-order valence-electron chi connectivity index (χ0n) is 10.8. The van der Waals surface area contributed by atoms with Crippen LogP contribution in [0.3, 0.4) is 0 Å². The first-order valence-electron chi connectivity index (χ1n) is 5.98. The molecule has 0 N–H and O–H groups in total. The van der Waals surface area contributed by atoms with Gasteiger partial charge in [0, 0.05) is 18.5 Å². The summed E-state index contributed by atoms with van der Waals surface area (Å²) in [7, 11) is 0. The summed E-state index contributed by atoms with van der Waals surface area (Å²) in [6.07, 6.45) is 4.16. The van der Waals surface area contributed by atoms with E-state index in [4.69, 9.17) is 4.74 Å². The van der Waals surface area contributed by atoms with Crippen molar-refractivity contribution in [2.45, 2.75) is 12.7 Å². The van der Waals surface area contributed by atoms with Crippen LogP contribution in [-0.4, -0.2) is 17.4 Å². The third kappa shape index (κ3) is 4.00. The lowest BCUT2D eigenvalue weighted by Gasteiger charge is -2.13. The Kier molecular flexibility index (Phi) is 4.81. The molecule has 0 spiro atoms. The summed E-state index contributed by atoms with van der Waals surface area (Å²) in [6, 6.07) is 6.27. The molecule has 7 heteroatoms. The van der Waals surface area contributed by atoms with E-state index >= 15 is 0 Å². The second-order valence-electron chi connectivity index (χ2n) is 4.04. The smallest absolute Gasteiger partial charge is 0.418 e. The van der Waals surface area contributed by atoms with Crippen LogP contribution in [0.25, 0.3) is 0 Å². The normalized spacial score (nSPS) is 11.4. The van der Waals surface area contributed by atoms with Gasteiger partial charge in [0.1, 0.15) is 6.61 Å². The molecule has 0 amide bonds. The molecule has 0 aliphatic carbocycles. The standard InChI is InChI=1S/C14H11N2O5/c17-10-21-13(12-2-1-7-16(19)8-12)14(18)20-9-11-3-5-15-6-4-11/h1-8,13H,9H2. The molecule has 107 valence electrons. The molecule has 7 nitrogen and oxygen atoms in total. The van der Waals surface area contributed by atoms with Gasteiger partial charge in [0.25, 0.3) is 0 Å². The van der Waals surface area contributed by atoms with Crippen molar-refractivity contribution < 1.29 is 23.8 Å². The summed E-state index contributed by atoms with van der Waals surface area (Å²) >= 11 is 0. The summed E-state index contributed by atoms with van der Waals surface area (Å²) in [4.78, 5) is 26.2. The number of pyridine rings is 2. The predicted molar refractivity (Wildman–Crippen MR) is 69.0 cm³/mol. The highest BCUT2D eigenvalue weighted by molar-refractivity contribution is 5.77. The zero-order chi connectivity index (χ0) is 15.1. The van der Waals surface area contributed by atoms with Gasteiger partial charge in [-0.25, -0.2) is 9.59 Å². The summed E-state index contributed by atoms with van der Waals surface area (Å²) < 4.78 is 10.1. The van der Waals surface area contributed by atoms with Crippen molar-refractivity contribution in [3.05, 3.63) is 65.4 Å². The van der Waals surface area contributed by atoms with Gasteiger partial charge in [0.15, 0.2) is 12.4 Å². The SMILES string of the molecule is O=[C]OC(C(=O)OCc1ccncc1)c1ccc[n+]([O-])c1. The number of aromatic nitrogens is 2. The van der Waals surface area contributed by atoms with Crippen LogP contribution < -0.4 is 4.73 Å². The van der Waals surface area contributed by atoms with E-state index in [1.165, 1.54) is 24.8 Å². The van der Waals surface area contributed by atoms with Gasteiger partial charge >= 0.3 is 12.4 Å². The molecule has 0 fully saturated rings. The molecule has 0 aromatic carbocycles. The highest BCUT2D eigenvalue weighted by atomic mass is 16.6. The van der Waals surface area contributed by atoms with Crippen LogP contribution in [0.5, 0.6) is 0 Å². The lowest BCUT2D eigenvalue weighted by molar-refractivity contribution is -0.606. The molecule has 0 saturated heterocycles. The first-order valence-corrected chi connectivity index (χ1v) is 5.98. The van der Waals surface area contributed by atoms with E-state index in [9.17, 15) is 14.8 Å². The van der Waals surface area contributed by atoms with Crippen LogP contribution in [0.4, 0.5) is 0 Å². The molecular formula is C14H11N2O5. The molecule has 0 aliphatic heterocycles. The molecule has 0 saturated carbocycles. The first kappa shape index (κ1) is 14.4. The summed E-state index contributed by atoms with van der Waals surface area (Å²) in [5, 5.41) is 11.2. The topological polar surface area (TPSA) is 92.4 Å². The number of carbonyl (C=O) groups excluding carboxylic acids is 2. The lowest BCUT2D eigenvalue weighted by Crippen LogP contribution is -2.27. The van der Waals surface area contributed by atoms with Crippen LogP contribution in [0.2, 0.25) is 0 Å². The van der Waals surface area contributed by atoms with Gasteiger partial charge in [0.05, 0.1) is 5.56 Å². The van der Waals surface area contributed by atoms with E-state index in [0.717, 1.165) is 11.8 Å². The Balaban J connectivity index is 2.07. The van der Waals surface area contributed by atoms with Gasteiger partial charge < -0.3 is 14.7 Å². The van der Waals surface area contributed by atoms with Gasteiger partial charge in [-0.2, -0.15) is 4.73 Å². The quantitative estimate of drug-likeness (QED) is 0.438. The van der Waals surface area contributed by atoms with Crippen LogP contribution in [-0.2, 0) is 25.7 Å². The maximum absolute atomic E-state index is 12.0. The van der Waals surface area contributed by atoms with Crippen molar-refractivity contribution in [3.8, 4) is 0 Å². The summed E-state index contributed by atoms with van der Waals surface area (Å²) in [6.45, 7) is 1.20. The van der Waals surface area contributed by atoms with E-state index in [1.54, 1.807) is 24.5 Å². The summed E-state index contributed by atoms with van der Waals surface area (Å²) in [5.74, 6) is -0.790. The van der Waals surface area contributed by atoms with Crippen molar-refractivity contribution in [2.24, 2.45) is 0 Å². The average molecular weight is 287 g/mol. The van der Waals surface area contributed by atoms with Crippen molar-refractivity contribution in [1.82, 2.24) is 4.98 Å². The van der Waals surface area contributed by atoms with E-state index in [-0.39, 0.29) is 12.2 Å². The Morgan fingerprint density at radius 3 is 2.81 bits per heavy atom. The lowest BCUT2D eigenvalue weighted by atomic mass is 10.1. The fraction of sp³-hybridized carbons (Fsp3) is 0.143. The van der Waals surface area contributed by atoms with E-state index in [1.807, 2.05) is 0 Å². The maximum atomic E-state index is 12.0. The third-order valence-electron chi connectivity index (χ3n) is 2.61. The Labute approximate surface area is 120 Å². The van der Waals surface area contributed by atoms with Crippen molar-refractivity contribution in [3.63, 3.8) is 0 Å². The fourth-order valence-corrected chi connectivity index (χ4v) is 1.64. The van der Waals surface area contributed by atoms with E-state index < -0.39 is 12.1 Å². The minimum Gasteiger partial charge on any atom is -0.619 e. The number of esters is 1. The molecule has 0 aliphatic rings. The molecule has 1 unspecified atom stereocenters. The van der Waals surface area contributed by atoms with E-state index in [0.29, 0.717) is 4.73 Å². The van der Waals surface area contributed by atoms with Gasteiger partial charge in [0.2, 0.25) is 6.10 Å². The van der Waals surface area contributed by atoms with Crippen LogP contribution >= 0.6 is 0 Å².